The van der Waals surface area contributed by atoms with E-state index in [1.165, 1.54) is 5.56 Å². The molecule has 2 aromatic carbocycles. The molecule has 1 aliphatic heterocycles. The summed E-state index contributed by atoms with van der Waals surface area (Å²) < 4.78 is 0. The van der Waals surface area contributed by atoms with E-state index < -0.39 is 0 Å². The molecule has 1 atom stereocenters. The Hall–Kier alpha value is -2.72. The number of hydrogen-bond donors (Lipinski definition) is 1. The molecule has 4 rings (SSSR count). The Bertz CT molecular complexity index is 938. The van der Waals surface area contributed by atoms with E-state index in [0.717, 1.165) is 48.0 Å². The maximum atomic E-state index is 12.9. The molecule has 0 aliphatic carbocycles. The van der Waals surface area contributed by atoms with Crippen LogP contribution in [0.1, 0.15) is 27.9 Å². The van der Waals surface area contributed by atoms with Crippen LogP contribution in [0.3, 0.4) is 0 Å². The molecular formula is C22H22N2O2. The van der Waals surface area contributed by atoms with Crippen LogP contribution in [0.5, 0.6) is 0 Å². The van der Waals surface area contributed by atoms with Gasteiger partial charge in [0, 0.05) is 30.2 Å². The molecule has 1 N–H and O–H groups in total. The molecule has 1 amide bonds. The molecule has 1 fully saturated rings. The zero-order valence-corrected chi connectivity index (χ0v) is 14.6. The molecule has 26 heavy (non-hydrogen) atoms. The Balaban J connectivity index is 1.44. The zero-order chi connectivity index (χ0) is 17.9. The van der Waals surface area contributed by atoms with Crippen molar-refractivity contribution in [3.8, 4) is 0 Å². The fourth-order valence-corrected chi connectivity index (χ4v) is 3.76. The van der Waals surface area contributed by atoms with E-state index in [2.05, 4.69) is 17.1 Å². The number of rotatable bonds is 4. The van der Waals surface area contributed by atoms with Crippen LogP contribution in [0.25, 0.3) is 10.9 Å². The SMILES string of the molecule is O=C(c1ccc2ncccc2c1)N1CCC(Cc2cccc(CO)c2)C1. The third-order valence-electron chi connectivity index (χ3n) is 5.12. The fourth-order valence-electron chi connectivity index (χ4n) is 3.76. The van der Waals surface area contributed by atoms with Crippen molar-refractivity contribution in [2.45, 2.75) is 19.4 Å². The monoisotopic (exact) mass is 346 g/mol. The fraction of sp³-hybridized carbons (Fsp3) is 0.273. The molecule has 0 saturated carbocycles. The molecule has 4 heteroatoms. The number of amides is 1. The van der Waals surface area contributed by atoms with Gasteiger partial charge in [0.05, 0.1) is 12.1 Å². The summed E-state index contributed by atoms with van der Waals surface area (Å²) in [5.41, 5.74) is 3.81. The summed E-state index contributed by atoms with van der Waals surface area (Å²) in [5, 5.41) is 10.3. The summed E-state index contributed by atoms with van der Waals surface area (Å²) in [6.45, 7) is 1.65. The van der Waals surface area contributed by atoms with E-state index >= 15 is 0 Å². The summed E-state index contributed by atoms with van der Waals surface area (Å²) in [4.78, 5) is 19.1. The molecule has 1 unspecified atom stereocenters. The second kappa shape index (κ2) is 7.26. The number of hydrogen-bond acceptors (Lipinski definition) is 3. The minimum atomic E-state index is 0.0694. The molecule has 4 nitrogen and oxygen atoms in total. The zero-order valence-electron chi connectivity index (χ0n) is 14.6. The minimum Gasteiger partial charge on any atom is -0.392 e. The topological polar surface area (TPSA) is 53.4 Å². The first-order valence-electron chi connectivity index (χ1n) is 9.05. The lowest BCUT2D eigenvalue weighted by atomic mass is 9.97. The molecule has 1 aliphatic rings. The highest BCUT2D eigenvalue weighted by atomic mass is 16.3. The Labute approximate surface area is 153 Å². The third kappa shape index (κ3) is 3.46. The van der Waals surface area contributed by atoms with Crippen LogP contribution in [0.2, 0.25) is 0 Å². The predicted octanol–water partition coefficient (Wildman–Crippen LogP) is 3.43. The molecule has 0 bridgehead atoms. The van der Waals surface area contributed by atoms with Gasteiger partial charge in [-0.2, -0.15) is 0 Å². The van der Waals surface area contributed by atoms with E-state index in [1.807, 2.05) is 47.4 Å². The first kappa shape index (κ1) is 16.7. The second-order valence-electron chi connectivity index (χ2n) is 7.00. The molecule has 3 aromatic rings. The molecule has 0 radical (unpaired) electrons. The van der Waals surface area contributed by atoms with Gasteiger partial charge < -0.3 is 10.0 Å². The number of aromatic nitrogens is 1. The molecule has 0 spiro atoms. The highest BCUT2D eigenvalue weighted by Gasteiger charge is 2.27. The van der Waals surface area contributed by atoms with E-state index in [9.17, 15) is 9.90 Å². The minimum absolute atomic E-state index is 0.0694. The number of nitrogens with zero attached hydrogens (tertiary/aromatic N) is 2. The van der Waals surface area contributed by atoms with E-state index in [4.69, 9.17) is 0 Å². The molecular weight excluding hydrogens is 324 g/mol. The molecule has 1 saturated heterocycles. The Morgan fingerprint density at radius 1 is 1.12 bits per heavy atom. The van der Waals surface area contributed by atoms with Crippen molar-refractivity contribution >= 4 is 16.8 Å². The van der Waals surface area contributed by atoms with Gasteiger partial charge in [0.25, 0.3) is 5.91 Å². The van der Waals surface area contributed by atoms with Crippen LogP contribution in [0, 0.1) is 5.92 Å². The Morgan fingerprint density at radius 3 is 2.88 bits per heavy atom. The second-order valence-corrected chi connectivity index (χ2v) is 7.00. The Morgan fingerprint density at radius 2 is 2.00 bits per heavy atom. The van der Waals surface area contributed by atoms with Crippen LogP contribution >= 0.6 is 0 Å². The number of fused-ring (bicyclic) bond motifs is 1. The smallest absolute Gasteiger partial charge is 0.253 e. The van der Waals surface area contributed by atoms with Crippen molar-refractivity contribution in [1.29, 1.82) is 0 Å². The van der Waals surface area contributed by atoms with Gasteiger partial charge in [-0.15, -0.1) is 0 Å². The number of pyridine rings is 1. The number of carbonyl (C=O) groups is 1. The van der Waals surface area contributed by atoms with Crippen LogP contribution in [0.15, 0.2) is 60.8 Å². The lowest BCUT2D eigenvalue weighted by Crippen LogP contribution is -2.28. The van der Waals surface area contributed by atoms with Crippen LogP contribution in [-0.2, 0) is 13.0 Å². The van der Waals surface area contributed by atoms with Crippen molar-refractivity contribution in [3.05, 3.63) is 77.5 Å². The van der Waals surface area contributed by atoms with Crippen molar-refractivity contribution in [2.24, 2.45) is 5.92 Å². The van der Waals surface area contributed by atoms with E-state index in [-0.39, 0.29) is 12.5 Å². The summed E-state index contributed by atoms with van der Waals surface area (Å²) in [6.07, 6.45) is 3.73. The molecule has 132 valence electrons. The van der Waals surface area contributed by atoms with Gasteiger partial charge in [-0.25, -0.2) is 0 Å². The number of likely N-dealkylation sites (tertiary alicyclic amines) is 1. The van der Waals surface area contributed by atoms with Gasteiger partial charge in [-0.05, 0) is 54.2 Å². The predicted molar refractivity (Wildman–Crippen MR) is 102 cm³/mol. The van der Waals surface area contributed by atoms with Gasteiger partial charge in [0.1, 0.15) is 0 Å². The maximum absolute atomic E-state index is 12.9. The van der Waals surface area contributed by atoms with Crippen molar-refractivity contribution in [2.75, 3.05) is 13.1 Å². The van der Waals surface area contributed by atoms with Crippen molar-refractivity contribution < 1.29 is 9.90 Å². The number of aliphatic hydroxyl groups excluding tert-OH is 1. The van der Waals surface area contributed by atoms with Gasteiger partial charge in [0.15, 0.2) is 0 Å². The largest absolute Gasteiger partial charge is 0.392 e. The van der Waals surface area contributed by atoms with Crippen molar-refractivity contribution in [3.63, 3.8) is 0 Å². The van der Waals surface area contributed by atoms with E-state index in [0.29, 0.717) is 5.92 Å². The standard InChI is InChI=1S/C22H22N2O2/c25-15-18-4-1-3-16(12-18)11-17-8-10-24(14-17)22(26)20-6-7-21-19(13-20)5-2-9-23-21/h1-7,9,12-13,17,25H,8,10-11,14-15H2. The highest BCUT2D eigenvalue weighted by Crippen LogP contribution is 2.24. The molecule has 1 aromatic heterocycles. The van der Waals surface area contributed by atoms with Crippen LogP contribution < -0.4 is 0 Å². The number of carbonyl (C=O) groups excluding carboxylic acids is 1. The normalized spacial score (nSPS) is 17.0. The van der Waals surface area contributed by atoms with Gasteiger partial charge >= 0.3 is 0 Å². The first-order chi connectivity index (χ1) is 12.7. The first-order valence-corrected chi connectivity index (χ1v) is 9.05. The Kier molecular flexibility index (Phi) is 4.67. The maximum Gasteiger partial charge on any atom is 0.253 e. The lowest BCUT2D eigenvalue weighted by Gasteiger charge is -2.17. The summed E-state index contributed by atoms with van der Waals surface area (Å²) in [5.74, 6) is 0.567. The summed E-state index contributed by atoms with van der Waals surface area (Å²) in [7, 11) is 0. The number of benzene rings is 2. The number of aliphatic hydroxyl groups is 1. The summed E-state index contributed by atoms with van der Waals surface area (Å²) in [6, 6.07) is 17.7. The van der Waals surface area contributed by atoms with Gasteiger partial charge in [-0.3, -0.25) is 9.78 Å². The van der Waals surface area contributed by atoms with Crippen LogP contribution in [0.4, 0.5) is 0 Å². The lowest BCUT2D eigenvalue weighted by molar-refractivity contribution is 0.0787. The van der Waals surface area contributed by atoms with Crippen molar-refractivity contribution in [1.82, 2.24) is 9.88 Å². The molecule has 2 heterocycles. The quantitative estimate of drug-likeness (QED) is 0.787. The van der Waals surface area contributed by atoms with Gasteiger partial charge in [-0.1, -0.05) is 30.3 Å². The highest BCUT2D eigenvalue weighted by molar-refractivity contribution is 5.98. The van der Waals surface area contributed by atoms with E-state index in [1.54, 1.807) is 6.20 Å². The average Bonchev–Trinajstić information content (AvgIpc) is 3.15. The van der Waals surface area contributed by atoms with Crippen LogP contribution in [-0.4, -0.2) is 34.0 Å². The summed E-state index contributed by atoms with van der Waals surface area (Å²) >= 11 is 0. The van der Waals surface area contributed by atoms with Gasteiger partial charge in [0.2, 0.25) is 0 Å². The average molecular weight is 346 g/mol. The third-order valence-corrected chi connectivity index (χ3v) is 5.12.